The largest absolute Gasteiger partial charge is 0.479 e. The molecule has 1 aromatic carbocycles. The summed E-state index contributed by atoms with van der Waals surface area (Å²) in [5, 5.41) is 14.3. The summed E-state index contributed by atoms with van der Waals surface area (Å²) >= 11 is 1.48. The average molecular weight is 632 g/mol. The van der Waals surface area contributed by atoms with Gasteiger partial charge in [0.25, 0.3) is 5.91 Å². The standard InChI is InChI=1S/C35H45N5O4S/c1-20-26(23-8-9-24-19-40(15-11-22(24)18-23)33-38-25-10-14-36-31(41)30(25)45-33)28(39-16-12-35(6,7)13-17-39)27(21(2)37-20)29(32(42)43)44-34(3,4)5/h8-9,18,29H,10-17,19H2,1-7H3,(H,36,41)(H,42,43). The second-order valence-electron chi connectivity index (χ2n) is 14.5. The summed E-state index contributed by atoms with van der Waals surface area (Å²) in [6, 6.07) is 6.62. The topological polar surface area (TPSA) is 108 Å². The lowest BCUT2D eigenvalue weighted by molar-refractivity contribution is -0.160. The quantitative estimate of drug-likeness (QED) is 0.329. The molecular weight excluding hydrogens is 586 g/mol. The Morgan fingerprint density at radius 2 is 1.78 bits per heavy atom. The highest BCUT2D eigenvalue weighted by Gasteiger charge is 2.37. The number of carbonyl (C=O) groups is 2. The van der Waals surface area contributed by atoms with Gasteiger partial charge in [0, 0.05) is 61.7 Å². The summed E-state index contributed by atoms with van der Waals surface area (Å²) in [6.07, 6.45) is 2.53. The molecule has 0 bridgehead atoms. The van der Waals surface area contributed by atoms with Crippen LogP contribution in [0.4, 0.5) is 10.8 Å². The molecule has 10 heteroatoms. The second-order valence-corrected chi connectivity index (χ2v) is 15.4. The van der Waals surface area contributed by atoms with Crippen molar-refractivity contribution in [2.75, 3.05) is 36.0 Å². The molecule has 0 saturated carbocycles. The number of aromatic nitrogens is 2. The zero-order chi connectivity index (χ0) is 32.3. The third kappa shape index (κ3) is 6.31. The van der Waals surface area contributed by atoms with E-state index in [1.54, 1.807) is 0 Å². The van der Waals surface area contributed by atoms with Gasteiger partial charge in [-0.25, -0.2) is 9.78 Å². The van der Waals surface area contributed by atoms with Crippen molar-refractivity contribution in [2.45, 2.75) is 92.4 Å². The number of benzene rings is 1. The number of ether oxygens (including phenoxy) is 1. The molecule has 9 nitrogen and oxygen atoms in total. The van der Waals surface area contributed by atoms with E-state index in [4.69, 9.17) is 14.7 Å². The van der Waals surface area contributed by atoms with Crippen LogP contribution in [0, 0.1) is 19.3 Å². The lowest BCUT2D eigenvalue weighted by Gasteiger charge is -2.41. The van der Waals surface area contributed by atoms with E-state index >= 15 is 0 Å². The normalized spacial score (nSPS) is 18.7. The first-order valence-corrected chi connectivity index (χ1v) is 16.8. The first kappa shape index (κ1) is 31.5. The Hall–Kier alpha value is -3.50. The van der Waals surface area contributed by atoms with E-state index in [1.807, 2.05) is 34.6 Å². The molecule has 6 rings (SSSR count). The van der Waals surface area contributed by atoms with Crippen LogP contribution in [0.25, 0.3) is 11.1 Å². The van der Waals surface area contributed by atoms with Gasteiger partial charge in [-0.1, -0.05) is 43.4 Å². The summed E-state index contributed by atoms with van der Waals surface area (Å²) < 4.78 is 6.25. The van der Waals surface area contributed by atoms with Crippen molar-refractivity contribution in [3.8, 4) is 11.1 Å². The van der Waals surface area contributed by atoms with Gasteiger partial charge in [0.05, 0.1) is 17.0 Å². The van der Waals surface area contributed by atoms with Crippen LogP contribution in [0.15, 0.2) is 18.2 Å². The summed E-state index contributed by atoms with van der Waals surface area (Å²) in [6.45, 7) is 18.1. The number of rotatable bonds is 6. The van der Waals surface area contributed by atoms with E-state index in [0.29, 0.717) is 17.8 Å². The van der Waals surface area contributed by atoms with Gasteiger partial charge in [0.15, 0.2) is 11.2 Å². The number of fused-ring (bicyclic) bond motifs is 2. The Balaban J connectivity index is 1.41. The minimum atomic E-state index is -1.14. The van der Waals surface area contributed by atoms with Gasteiger partial charge in [0.1, 0.15) is 4.88 Å². The SMILES string of the molecule is Cc1nc(C)c(C(OC(C)(C)C)C(=O)O)c(N2CCC(C)(C)CC2)c1-c1ccc2c(c1)CCN(c1nc3c(s1)C(=O)NCC3)C2. The summed E-state index contributed by atoms with van der Waals surface area (Å²) in [5.74, 6) is -1.02. The molecule has 1 unspecified atom stereocenters. The lowest BCUT2D eigenvalue weighted by Crippen LogP contribution is -2.39. The van der Waals surface area contributed by atoms with Crippen LogP contribution in [-0.4, -0.2) is 58.7 Å². The van der Waals surface area contributed by atoms with Gasteiger partial charge in [-0.05, 0) is 76.0 Å². The number of carbonyl (C=O) groups excluding carboxylic acids is 1. The fourth-order valence-electron chi connectivity index (χ4n) is 6.82. The van der Waals surface area contributed by atoms with E-state index in [9.17, 15) is 14.7 Å². The Kier molecular flexibility index (Phi) is 8.18. The second kappa shape index (κ2) is 11.7. The van der Waals surface area contributed by atoms with Gasteiger partial charge in [-0.3, -0.25) is 9.78 Å². The number of nitrogens with one attached hydrogen (secondary N) is 1. The Bertz CT molecular complexity index is 1650. The molecule has 3 aliphatic rings. The van der Waals surface area contributed by atoms with E-state index in [-0.39, 0.29) is 11.3 Å². The summed E-state index contributed by atoms with van der Waals surface area (Å²) in [4.78, 5) is 40.3. The van der Waals surface area contributed by atoms with Crippen LogP contribution in [0.3, 0.4) is 0 Å². The molecule has 3 aromatic rings. The molecule has 2 N–H and O–H groups in total. The average Bonchev–Trinajstić information content (AvgIpc) is 3.41. The first-order valence-electron chi connectivity index (χ1n) is 16.0. The van der Waals surface area contributed by atoms with Crippen molar-refractivity contribution >= 4 is 34.0 Å². The number of hydrogen-bond donors (Lipinski definition) is 2. The zero-order valence-electron chi connectivity index (χ0n) is 27.5. The number of anilines is 2. The third-order valence-corrected chi connectivity index (χ3v) is 10.4. The lowest BCUT2D eigenvalue weighted by atomic mass is 9.81. The predicted octanol–water partition coefficient (Wildman–Crippen LogP) is 6.24. The molecule has 0 radical (unpaired) electrons. The third-order valence-electron chi connectivity index (χ3n) is 9.29. The molecular formula is C35H45N5O4S. The Labute approximate surface area is 270 Å². The van der Waals surface area contributed by atoms with E-state index in [0.717, 1.165) is 90.1 Å². The van der Waals surface area contributed by atoms with E-state index in [1.165, 1.54) is 22.5 Å². The number of piperidine rings is 1. The molecule has 0 spiro atoms. The van der Waals surface area contributed by atoms with Gasteiger partial charge in [-0.2, -0.15) is 0 Å². The highest BCUT2D eigenvalue weighted by atomic mass is 32.1. The van der Waals surface area contributed by atoms with Crippen molar-refractivity contribution < 1.29 is 19.4 Å². The van der Waals surface area contributed by atoms with E-state index in [2.05, 4.69) is 47.2 Å². The number of thiazole rings is 1. The van der Waals surface area contributed by atoms with Crippen molar-refractivity contribution in [1.82, 2.24) is 15.3 Å². The van der Waals surface area contributed by atoms with Crippen molar-refractivity contribution in [2.24, 2.45) is 5.41 Å². The molecule has 240 valence electrons. The van der Waals surface area contributed by atoms with Gasteiger partial charge in [-0.15, -0.1) is 0 Å². The molecule has 1 amide bonds. The molecule has 1 saturated heterocycles. The zero-order valence-corrected chi connectivity index (χ0v) is 28.4. The maximum atomic E-state index is 12.8. The van der Waals surface area contributed by atoms with Crippen molar-refractivity contribution in [3.05, 3.63) is 56.8 Å². The molecule has 5 heterocycles. The van der Waals surface area contributed by atoms with Crippen molar-refractivity contribution in [1.29, 1.82) is 0 Å². The maximum Gasteiger partial charge on any atom is 0.337 e. The van der Waals surface area contributed by atoms with Crippen LogP contribution in [-0.2, 0) is 28.9 Å². The monoisotopic (exact) mass is 631 g/mol. The fraction of sp³-hybridized carbons (Fsp3) is 0.543. The molecule has 1 fully saturated rings. The molecule has 3 aliphatic heterocycles. The number of carboxylic acid groups (broad SMARTS) is 1. The number of nitrogens with zero attached hydrogens (tertiary/aromatic N) is 4. The van der Waals surface area contributed by atoms with Crippen LogP contribution in [0.5, 0.6) is 0 Å². The summed E-state index contributed by atoms with van der Waals surface area (Å²) in [5.41, 5.74) is 8.22. The number of amides is 1. The van der Waals surface area contributed by atoms with Crippen LogP contribution < -0.4 is 15.1 Å². The van der Waals surface area contributed by atoms with Gasteiger partial charge >= 0.3 is 5.97 Å². The smallest absolute Gasteiger partial charge is 0.337 e. The summed E-state index contributed by atoms with van der Waals surface area (Å²) in [7, 11) is 0. The van der Waals surface area contributed by atoms with Gasteiger partial charge < -0.3 is 25.0 Å². The predicted molar refractivity (Wildman–Crippen MR) is 178 cm³/mol. The Morgan fingerprint density at radius 1 is 1.04 bits per heavy atom. The molecule has 2 aromatic heterocycles. The highest BCUT2D eigenvalue weighted by Crippen LogP contribution is 2.45. The highest BCUT2D eigenvalue weighted by molar-refractivity contribution is 7.17. The molecule has 45 heavy (non-hydrogen) atoms. The molecule has 0 aliphatic carbocycles. The molecule has 1 atom stereocenters. The van der Waals surface area contributed by atoms with Gasteiger partial charge in [0.2, 0.25) is 0 Å². The van der Waals surface area contributed by atoms with Crippen LogP contribution >= 0.6 is 11.3 Å². The van der Waals surface area contributed by atoms with Crippen molar-refractivity contribution in [3.63, 3.8) is 0 Å². The minimum absolute atomic E-state index is 0.0189. The fourth-order valence-corrected chi connectivity index (χ4v) is 7.88. The van der Waals surface area contributed by atoms with Crippen LogP contribution in [0.2, 0.25) is 0 Å². The number of pyridine rings is 1. The number of aliphatic carboxylic acids is 1. The number of carboxylic acids is 1. The Morgan fingerprint density at radius 3 is 2.44 bits per heavy atom. The number of hydrogen-bond acceptors (Lipinski definition) is 8. The van der Waals surface area contributed by atoms with E-state index < -0.39 is 17.7 Å². The van der Waals surface area contributed by atoms with Crippen LogP contribution in [0.1, 0.15) is 97.0 Å². The maximum absolute atomic E-state index is 12.8. The first-order chi connectivity index (χ1) is 21.2. The number of aryl methyl sites for hydroxylation is 2. The minimum Gasteiger partial charge on any atom is -0.479 e.